The Bertz CT molecular complexity index is 960. The van der Waals surface area contributed by atoms with E-state index in [1.807, 2.05) is 57.2 Å². The summed E-state index contributed by atoms with van der Waals surface area (Å²) < 4.78 is 16.3. The van der Waals surface area contributed by atoms with Crippen LogP contribution in [0.4, 0.5) is 0 Å². The minimum atomic E-state index is -0.147. The number of aromatic nitrogens is 1. The Morgan fingerprint density at radius 1 is 1.13 bits per heavy atom. The van der Waals surface area contributed by atoms with Crippen molar-refractivity contribution in [2.45, 2.75) is 46.3 Å². The topological polar surface area (TPSA) is 73.6 Å². The normalized spacial score (nSPS) is 11.7. The van der Waals surface area contributed by atoms with Crippen molar-refractivity contribution < 1.29 is 18.8 Å². The Balaban J connectivity index is 1.58. The third kappa shape index (κ3) is 5.41. The van der Waals surface area contributed by atoms with Gasteiger partial charge in [0.15, 0.2) is 0 Å². The number of rotatable bonds is 9. The average molecular weight is 408 g/mol. The Morgan fingerprint density at radius 2 is 1.87 bits per heavy atom. The first-order valence-electron chi connectivity index (χ1n) is 10.0. The highest BCUT2D eigenvalue weighted by molar-refractivity contribution is 5.97. The van der Waals surface area contributed by atoms with Gasteiger partial charge in [-0.2, -0.15) is 0 Å². The summed E-state index contributed by atoms with van der Waals surface area (Å²) in [5.74, 6) is 1.96. The van der Waals surface area contributed by atoms with Crippen molar-refractivity contribution in [3.05, 3.63) is 76.7 Å². The van der Waals surface area contributed by atoms with Gasteiger partial charge in [-0.25, -0.2) is 0 Å². The highest BCUT2D eigenvalue weighted by Crippen LogP contribution is 2.22. The van der Waals surface area contributed by atoms with E-state index in [4.69, 9.17) is 14.0 Å². The Hall–Kier alpha value is -3.28. The number of carbonyl (C=O) groups excluding carboxylic acids is 1. The minimum Gasteiger partial charge on any atom is -0.497 e. The lowest BCUT2D eigenvalue weighted by atomic mass is 10.1. The van der Waals surface area contributed by atoms with E-state index in [-0.39, 0.29) is 11.9 Å². The molecule has 6 heteroatoms. The van der Waals surface area contributed by atoms with Crippen molar-refractivity contribution in [3.8, 4) is 11.5 Å². The van der Waals surface area contributed by atoms with Crippen LogP contribution in [0.5, 0.6) is 11.5 Å². The minimum absolute atomic E-state index is 0.0234. The zero-order chi connectivity index (χ0) is 21.5. The third-order valence-corrected chi connectivity index (χ3v) is 5.09. The Morgan fingerprint density at radius 3 is 2.53 bits per heavy atom. The predicted octanol–water partition coefficient (Wildman–Crippen LogP) is 4.63. The van der Waals surface area contributed by atoms with Gasteiger partial charge in [0.25, 0.3) is 5.91 Å². The van der Waals surface area contributed by atoms with Crippen molar-refractivity contribution >= 4 is 5.91 Å². The summed E-state index contributed by atoms with van der Waals surface area (Å²) in [5.41, 5.74) is 3.42. The second-order valence-electron chi connectivity index (χ2n) is 7.35. The average Bonchev–Trinajstić information content (AvgIpc) is 3.08. The van der Waals surface area contributed by atoms with Gasteiger partial charge in [0.2, 0.25) is 0 Å². The first kappa shape index (κ1) is 21.4. The summed E-state index contributed by atoms with van der Waals surface area (Å²) in [7, 11) is 1.66. The van der Waals surface area contributed by atoms with Gasteiger partial charge in [0, 0.05) is 6.04 Å². The van der Waals surface area contributed by atoms with Crippen molar-refractivity contribution in [2.24, 2.45) is 0 Å². The molecule has 6 nitrogen and oxygen atoms in total. The second kappa shape index (κ2) is 9.96. The third-order valence-electron chi connectivity index (χ3n) is 5.09. The smallest absolute Gasteiger partial charge is 0.255 e. The molecule has 30 heavy (non-hydrogen) atoms. The number of ether oxygens (including phenoxy) is 2. The number of nitrogens with one attached hydrogen (secondary N) is 1. The maximum Gasteiger partial charge on any atom is 0.255 e. The quantitative estimate of drug-likeness (QED) is 0.559. The molecule has 3 rings (SSSR count). The van der Waals surface area contributed by atoms with Crippen LogP contribution in [0.15, 0.2) is 53.1 Å². The molecule has 0 radical (unpaired) electrons. The van der Waals surface area contributed by atoms with Crippen molar-refractivity contribution in [3.63, 3.8) is 0 Å². The molecular formula is C24H28N2O4. The van der Waals surface area contributed by atoms with Crippen LogP contribution < -0.4 is 14.8 Å². The number of para-hydroxylation sites is 1. The molecule has 158 valence electrons. The fourth-order valence-corrected chi connectivity index (χ4v) is 3.19. The SMILES string of the molecule is COc1ccc(CCC(C)NC(=O)c2ccccc2OCc2c(C)noc2C)cc1. The highest BCUT2D eigenvalue weighted by atomic mass is 16.5. The van der Waals surface area contributed by atoms with E-state index in [1.165, 1.54) is 5.56 Å². The molecule has 0 saturated carbocycles. The predicted molar refractivity (Wildman–Crippen MR) is 115 cm³/mol. The van der Waals surface area contributed by atoms with Gasteiger partial charge in [-0.05, 0) is 63.4 Å². The fraction of sp³-hybridized carbons (Fsp3) is 0.333. The molecule has 0 spiro atoms. The van der Waals surface area contributed by atoms with Crippen LogP contribution in [-0.4, -0.2) is 24.2 Å². The molecule has 2 aromatic carbocycles. The fourth-order valence-electron chi connectivity index (χ4n) is 3.19. The molecular weight excluding hydrogens is 380 g/mol. The summed E-state index contributed by atoms with van der Waals surface area (Å²) in [4.78, 5) is 12.8. The van der Waals surface area contributed by atoms with Crippen LogP contribution in [0.3, 0.4) is 0 Å². The van der Waals surface area contributed by atoms with E-state index in [2.05, 4.69) is 10.5 Å². The molecule has 0 bridgehead atoms. The Labute approximate surface area is 177 Å². The van der Waals surface area contributed by atoms with Crippen LogP contribution in [-0.2, 0) is 13.0 Å². The second-order valence-corrected chi connectivity index (χ2v) is 7.35. The van der Waals surface area contributed by atoms with Crippen LogP contribution >= 0.6 is 0 Å². The van der Waals surface area contributed by atoms with Gasteiger partial charge in [-0.15, -0.1) is 0 Å². The number of benzene rings is 2. The molecule has 1 amide bonds. The molecule has 3 aromatic rings. The summed E-state index contributed by atoms with van der Waals surface area (Å²) in [5, 5.41) is 7.01. The van der Waals surface area contributed by atoms with Crippen LogP contribution in [0.1, 0.15) is 46.3 Å². The van der Waals surface area contributed by atoms with E-state index >= 15 is 0 Å². The Kier molecular flexibility index (Phi) is 7.12. The maximum atomic E-state index is 12.8. The lowest BCUT2D eigenvalue weighted by molar-refractivity contribution is 0.0934. The molecule has 0 aliphatic carbocycles. The monoisotopic (exact) mass is 408 g/mol. The summed E-state index contributed by atoms with van der Waals surface area (Å²) in [6.07, 6.45) is 1.70. The molecule has 1 aromatic heterocycles. The van der Waals surface area contributed by atoms with Crippen molar-refractivity contribution in [2.75, 3.05) is 7.11 Å². The summed E-state index contributed by atoms with van der Waals surface area (Å²) in [6.45, 7) is 6.04. The van der Waals surface area contributed by atoms with Gasteiger partial charge in [-0.1, -0.05) is 29.4 Å². The zero-order valence-electron chi connectivity index (χ0n) is 17.9. The van der Waals surface area contributed by atoms with E-state index in [0.717, 1.165) is 35.6 Å². The molecule has 0 aliphatic heterocycles. The van der Waals surface area contributed by atoms with Gasteiger partial charge in [0.1, 0.15) is 23.9 Å². The summed E-state index contributed by atoms with van der Waals surface area (Å²) in [6, 6.07) is 15.3. The lowest BCUT2D eigenvalue weighted by Crippen LogP contribution is -2.33. The molecule has 0 aliphatic rings. The summed E-state index contributed by atoms with van der Waals surface area (Å²) >= 11 is 0. The van der Waals surface area contributed by atoms with Gasteiger partial charge in [-0.3, -0.25) is 4.79 Å². The molecule has 1 N–H and O–H groups in total. The number of nitrogens with zero attached hydrogens (tertiary/aromatic N) is 1. The highest BCUT2D eigenvalue weighted by Gasteiger charge is 2.16. The van der Waals surface area contributed by atoms with Crippen LogP contribution in [0.25, 0.3) is 0 Å². The number of hydrogen-bond donors (Lipinski definition) is 1. The van der Waals surface area contributed by atoms with Crippen molar-refractivity contribution in [1.82, 2.24) is 10.5 Å². The van der Waals surface area contributed by atoms with E-state index < -0.39 is 0 Å². The van der Waals surface area contributed by atoms with E-state index in [0.29, 0.717) is 17.9 Å². The van der Waals surface area contributed by atoms with Crippen LogP contribution in [0.2, 0.25) is 0 Å². The van der Waals surface area contributed by atoms with Crippen LogP contribution in [0, 0.1) is 13.8 Å². The van der Waals surface area contributed by atoms with E-state index in [1.54, 1.807) is 19.2 Å². The number of methoxy groups -OCH3 is 1. The molecule has 0 saturated heterocycles. The van der Waals surface area contributed by atoms with Gasteiger partial charge in [0.05, 0.1) is 23.9 Å². The zero-order valence-corrected chi connectivity index (χ0v) is 17.9. The molecule has 0 fully saturated rings. The van der Waals surface area contributed by atoms with E-state index in [9.17, 15) is 4.79 Å². The maximum absolute atomic E-state index is 12.8. The first-order valence-corrected chi connectivity index (χ1v) is 10.0. The van der Waals surface area contributed by atoms with Crippen molar-refractivity contribution in [1.29, 1.82) is 0 Å². The lowest BCUT2D eigenvalue weighted by Gasteiger charge is -2.16. The number of amides is 1. The molecule has 1 atom stereocenters. The van der Waals surface area contributed by atoms with Gasteiger partial charge >= 0.3 is 0 Å². The number of aryl methyl sites for hydroxylation is 3. The molecule has 1 heterocycles. The number of hydrogen-bond acceptors (Lipinski definition) is 5. The largest absolute Gasteiger partial charge is 0.497 e. The molecule has 1 unspecified atom stereocenters. The number of carbonyl (C=O) groups is 1. The van der Waals surface area contributed by atoms with Gasteiger partial charge < -0.3 is 19.3 Å². The standard InChI is InChI=1S/C24H28N2O4/c1-16(9-10-19-11-13-20(28-4)14-12-19)25-24(27)21-7-5-6-8-23(21)29-15-22-17(2)26-30-18(22)3/h5-8,11-14,16H,9-10,15H2,1-4H3,(H,25,27). The first-order chi connectivity index (χ1) is 14.5.